The van der Waals surface area contributed by atoms with Crippen LogP contribution in [-0.2, 0) is 4.79 Å². The maximum absolute atomic E-state index is 12.8. The lowest BCUT2D eigenvalue weighted by atomic mass is 9.98. The SMILES string of the molecule is O=C(CCCC(=O)N1C2CCC1CC(Oc1ccccn1)C2)c1ccccc1. The number of pyridine rings is 1. The third-order valence-corrected chi connectivity index (χ3v) is 5.79. The number of hydrogen-bond donors (Lipinski definition) is 0. The lowest BCUT2D eigenvalue weighted by Gasteiger charge is -2.38. The van der Waals surface area contributed by atoms with Gasteiger partial charge in [0, 0.05) is 55.6 Å². The average Bonchev–Trinajstić information content (AvgIpc) is 3.00. The number of Topliss-reactive ketones (excluding diaryl/α,β-unsaturated/α-hetero) is 1. The van der Waals surface area contributed by atoms with Crippen LogP contribution >= 0.6 is 0 Å². The number of carbonyl (C=O) groups excluding carboxylic acids is 2. The lowest BCUT2D eigenvalue weighted by Crippen LogP contribution is -2.49. The van der Waals surface area contributed by atoms with Gasteiger partial charge in [-0.25, -0.2) is 4.98 Å². The Morgan fingerprint density at radius 1 is 0.964 bits per heavy atom. The third kappa shape index (κ3) is 4.24. The number of benzene rings is 1. The Hall–Kier alpha value is -2.69. The van der Waals surface area contributed by atoms with E-state index in [4.69, 9.17) is 4.74 Å². The van der Waals surface area contributed by atoms with E-state index < -0.39 is 0 Å². The van der Waals surface area contributed by atoms with Gasteiger partial charge in [0.15, 0.2) is 5.78 Å². The van der Waals surface area contributed by atoms with Crippen LogP contribution in [0.1, 0.15) is 55.3 Å². The first kappa shape index (κ1) is 18.7. The van der Waals surface area contributed by atoms with E-state index in [1.54, 1.807) is 6.20 Å². The van der Waals surface area contributed by atoms with E-state index in [2.05, 4.69) is 9.88 Å². The summed E-state index contributed by atoms with van der Waals surface area (Å²) in [4.78, 5) is 31.3. The number of hydrogen-bond acceptors (Lipinski definition) is 4. The van der Waals surface area contributed by atoms with E-state index in [1.165, 1.54) is 0 Å². The van der Waals surface area contributed by atoms with Gasteiger partial charge in [-0.15, -0.1) is 0 Å². The molecule has 3 heterocycles. The molecule has 2 bridgehead atoms. The van der Waals surface area contributed by atoms with Crippen LogP contribution in [0.5, 0.6) is 5.88 Å². The Balaban J connectivity index is 1.27. The smallest absolute Gasteiger partial charge is 0.223 e. The zero-order chi connectivity index (χ0) is 19.3. The summed E-state index contributed by atoms with van der Waals surface area (Å²) in [6.07, 6.45) is 7.14. The fourth-order valence-corrected chi connectivity index (χ4v) is 4.52. The molecule has 5 nitrogen and oxygen atoms in total. The lowest BCUT2D eigenvalue weighted by molar-refractivity contribution is -0.137. The van der Waals surface area contributed by atoms with Crippen LogP contribution < -0.4 is 4.74 Å². The number of aromatic nitrogens is 1. The van der Waals surface area contributed by atoms with Crippen molar-refractivity contribution < 1.29 is 14.3 Å². The highest BCUT2D eigenvalue weighted by Gasteiger charge is 2.43. The van der Waals surface area contributed by atoms with E-state index in [0.717, 1.165) is 31.2 Å². The van der Waals surface area contributed by atoms with Crippen molar-refractivity contribution in [2.45, 2.75) is 63.1 Å². The molecule has 0 spiro atoms. The molecule has 0 radical (unpaired) electrons. The van der Waals surface area contributed by atoms with Gasteiger partial charge in [-0.1, -0.05) is 36.4 Å². The molecule has 1 aromatic carbocycles. The first-order chi connectivity index (χ1) is 13.7. The standard InChI is InChI=1S/C23H26N2O3/c26-21(17-7-2-1-3-8-17)9-6-11-23(27)25-18-12-13-19(25)16-20(15-18)28-22-10-4-5-14-24-22/h1-5,7-8,10,14,18-20H,6,9,11-13,15-16H2. The van der Waals surface area contributed by atoms with E-state index >= 15 is 0 Å². The molecule has 0 N–H and O–H groups in total. The summed E-state index contributed by atoms with van der Waals surface area (Å²) < 4.78 is 6.03. The Bertz CT molecular complexity index is 795. The van der Waals surface area contributed by atoms with Crippen LogP contribution in [0.3, 0.4) is 0 Å². The van der Waals surface area contributed by atoms with Crippen molar-refractivity contribution >= 4 is 11.7 Å². The molecule has 0 saturated carbocycles. The molecule has 2 atom stereocenters. The third-order valence-electron chi connectivity index (χ3n) is 5.79. The van der Waals surface area contributed by atoms with Crippen molar-refractivity contribution in [2.75, 3.05) is 0 Å². The molecule has 5 heteroatoms. The maximum atomic E-state index is 12.8. The van der Waals surface area contributed by atoms with E-state index in [1.807, 2.05) is 48.5 Å². The number of amides is 1. The summed E-state index contributed by atoms with van der Waals surface area (Å²) in [6.45, 7) is 0. The summed E-state index contributed by atoms with van der Waals surface area (Å²) in [5, 5.41) is 0. The molecule has 4 rings (SSSR count). The number of ether oxygens (including phenoxy) is 1. The Labute approximate surface area is 165 Å². The second-order valence-corrected chi connectivity index (χ2v) is 7.71. The number of rotatable bonds is 7. The maximum Gasteiger partial charge on any atom is 0.223 e. The first-order valence-corrected chi connectivity index (χ1v) is 10.2. The van der Waals surface area contributed by atoms with Gasteiger partial charge in [0.25, 0.3) is 0 Å². The van der Waals surface area contributed by atoms with Gasteiger partial charge in [0.2, 0.25) is 11.8 Å². The molecule has 28 heavy (non-hydrogen) atoms. The Morgan fingerprint density at radius 3 is 2.36 bits per heavy atom. The summed E-state index contributed by atoms with van der Waals surface area (Å²) in [6, 6.07) is 15.5. The minimum atomic E-state index is 0.110. The normalized spacial score (nSPS) is 23.4. The van der Waals surface area contributed by atoms with Gasteiger partial charge in [-0.05, 0) is 25.3 Å². The first-order valence-electron chi connectivity index (χ1n) is 10.2. The highest BCUT2D eigenvalue weighted by atomic mass is 16.5. The number of piperidine rings is 1. The van der Waals surface area contributed by atoms with Gasteiger partial charge < -0.3 is 9.64 Å². The van der Waals surface area contributed by atoms with Crippen molar-refractivity contribution in [3.05, 3.63) is 60.3 Å². The van der Waals surface area contributed by atoms with Crippen LogP contribution in [0, 0.1) is 0 Å². The van der Waals surface area contributed by atoms with Gasteiger partial charge in [0.1, 0.15) is 6.10 Å². The van der Waals surface area contributed by atoms with Crippen molar-refractivity contribution in [2.24, 2.45) is 0 Å². The van der Waals surface area contributed by atoms with Crippen molar-refractivity contribution in [3.8, 4) is 5.88 Å². The van der Waals surface area contributed by atoms with E-state index in [9.17, 15) is 9.59 Å². The van der Waals surface area contributed by atoms with Crippen LogP contribution in [0.25, 0.3) is 0 Å². The minimum absolute atomic E-state index is 0.110. The van der Waals surface area contributed by atoms with Gasteiger partial charge >= 0.3 is 0 Å². The number of nitrogens with zero attached hydrogens (tertiary/aromatic N) is 2. The zero-order valence-corrected chi connectivity index (χ0v) is 16.0. The topological polar surface area (TPSA) is 59.5 Å². The fourth-order valence-electron chi connectivity index (χ4n) is 4.52. The predicted octanol–water partition coefficient (Wildman–Crippen LogP) is 4.04. The van der Waals surface area contributed by atoms with Crippen LogP contribution in [0.15, 0.2) is 54.7 Å². The number of carbonyl (C=O) groups is 2. The summed E-state index contributed by atoms with van der Waals surface area (Å²) in [7, 11) is 0. The second kappa shape index (κ2) is 8.55. The number of fused-ring (bicyclic) bond motifs is 2. The highest BCUT2D eigenvalue weighted by Crippen LogP contribution is 2.37. The summed E-state index contributed by atoms with van der Waals surface area (Å²) in [5.74, 6) is 0.953. The number of ketones is 1. The van der Waals surface area contributed by atoms with Crippen LogP contribution in [-0.4, -0.2) is 39.8 Å². The van der Waals surface area contributed by atoms with Gasteiger partial charge in [-0.3, -0.25) is 9.59 Å². The monoisotopic (exact) mass is 378 g/mol. The van der Waals surface area contributed by atoms with Crippen LogP contribution in [0.4, 0.5) is 0 Å². The molecule has 2 unspecified atom stereocenters. The molecule has 146 valence electrons. The molecule has 1 amide bonds. The van der Waals surface area contributed by atoms with Crippen molar-refractivity contribution in [3.63, 3.8) is 0 Å². The van der Waals surface area contributed by atoms with Crippen LogP contribution in [0.2, 0.25) is 0 Å². The quantitative estimate of drug-likeness (QED) is 0.683. The molecule has 2 aliphatic heterocycles. The molecular formula is C23H26N2O3. The zero-order valence-electron chi connectivity index (χ0n) is 16.0. The molecule has 0 aliphatic carbocycles. The molecule has 2 aromatic rings. The van der Waals surface area contributed by atoms with Crippen molar-refractivity contribution in [1.82, 2.24) is 9.88 Å². The van der Waals surface area contributed by atoms with Gasteiger partial charge in [-0.2, -0.15) is 0 Å². The van der Waals surface area contributed by atoms with E-state index in [-0.39, 0.29) is 29.9 Å². The summed E-state index contributed by atoms with van der Waals surface area (Å²) in [5.41, 5.74) is 0.725. The molecular weight excluding hydrogens is 352 g/mol. The second-order valence-electron chi connectivity index (χ2n) is 7.71. The van der Waals surface area contributed by atoms with E-state index in [0.29, 0.717) is 25.1 Å². The largest absolute Gasteiger partial charge is 0.474 e. The molecule has 2 aliphatic rings. The predicted molar refractivity (Wildman–Crippen MR) is 106 cm³/mol. The summed E-state index contributed by atoms with van der Waals surface area (Å²) >= 11 is 0. The fraction of sp³-hybridized carbons (Fsp3) is 0.435. The van der Waals surface area contributed by atoms with Crippen molar-refractivity contribution in [1.29, 1.82) is 0 Å². The average molecular weight is 378 g/mol. The van der Waals surface area contributed by atoms with Gasteiger partial charge in [0.05, 0.1) is 0 Å². The molecule has 2 saturated heterocycles. The molecule has 2 fully saturated rings. The Kier molecular flexibility index (Phi) is 5.70. The molecule has 1 aromatic heterocycles. The minimum Gasteiger partial charge on any atom is -0.474 e. The Morgan fingerprint density at radius 2 is 1.68 bits per heavy atom. The highest BCUT2D eigenvalue weighted by molar-refractivity contribution is 5.96.